The van der Waals surface area contributed by atoms with Gasteiger partial charge in [-0.3, -0.25) is 9.59 Å². The van der Waals surface area contributed by atoms with Gasteiger partial charge in [0, 0.05) is 36.0 Å². The van der Waals surface area contributed by atoms with Crippen LogP contribution in [0.25, 0.3) is 22.2 Å². The molecule has 1 aromatic carbocycles. The summed E-state index contributed by atoms with van der Waals surface area (Å²) >= 11 is 0. The maximum absolute atomic E-state index is 15.3. The second-order valence-corrected chi connectivity index (χ2v) is 10.9. The summed E-state index contributed by atoms with van der Waals surface area (Å²) in [4.78, 5) is 39.3. The molecule has 2 aliphatic rings. The third-order valence-electron chi connectivity index (χ3n) is 8.08. The Morgan fingerprint density at radius 3 is 2.62 bits per heavy atom. The van der Waals surface area contributed by atoms with Gasteiger partial charge in [-0.25, -0.2) is 14.4 Å². The SMILES string of the molecule is CC1(C(=O)Nc2ccc(-c3cc(Nc4ccc(N5CCC(O)CC5)cn4)c4c(=O)[nH]ccc4n3)c(F)c2)CCC1. The van der Waals surface area contributed by atoms with Gasteiger partial charge in [-0.05, 0) is 68.1 Å². The number of carbonyl (C=O) groups is 1. The highest BCUT2D eigenvalue weighted by Crippen LogP contribution is 2.41. The van der Waals surface area contributed by atoms with Crippen molar-refractivity contribution < 1.29 is 14.3 Å². The maximum atomic E-state index is 15.3. The van der Waals surface area contributed by atoms with Gasteiger partial charge in [-0.2, -0.15) is 0 Å². The molecule has 0 unspecified atom stereocenters. The van der Waals surface area contributed by atoms with E-state index < -0.39 is 11.2 Å². The molecule has 1 saturated heterocycles. The number of aromatic amines is 1. The molecule has 1 aliphatic heterocycles. The zero-order chi connectivity index (χ0) is 27.9. The predicted molar refractivity (Wildman–Crippen MR) is 153 cm³/mol. The summed E-state index contributed by atoms with van der Waals surface area (Å²) in [6.45, 7) is 3.44. The van der Waals surface area contributed by atoms with E-state index in [0.29, 0.717) is 33.8 Å². The van der Waals surface area contributed by atoms with Gasteiger partial charge < -0.3 is 25.6 Å². The molecule has 4 heterocycles. The average molecular weight is 543 g/mol. The fraction of sp³-hybridized carbons (Fsp3) is 0.333. The lowest BCUT2D eigenvalue weighted by molar-refractivity contribution is -0.128. The first-order valence-corrected chi connectivity index (χ1v) is 13.6. The van der Waals surface area contributed by atoms with Crippen molar-refractivity contribution in [3.8, 4) is 11.3 Å². The number of amides is 1. The molecule has 1 aliphatic carbocycles. The molecule has 3 aromatic heterocycles. The fourth-order valence-corrected chi connectivity index (χ4v) is 5.35. The van der Waals surface area contributed by atoms with Crippen LogP contribution in [0.3, 0.4) is 0 Å². The monoisotopic (exact) mass is 542 g/mol. The molecule has 0 atom stereocenters. The molecule has 0 bridgehead atoms. The Bertz CT molecular complexity index is 1630. The molecule has 10 heteroatoms. The molecular weight excluding hydrogens is 511 g/mol. The Kier molecular flexibility index (Phi) is 6.71. The lowest BCUT2D eigenvalue weighted by Crippen LogP contribution is -2.39. The summed E-state index contributed by atoms with van der Waals surface area (Å²) < 4.78 is 15.3. The number of aromatic nitrogens is 3. The smallest absolute Gasteiger partial charge is 0.259 e. The lowest BCUT2D eigenvalue weighted by atomic mass is 9.70. The number of hydrogen-bond acceptors (Lipinski definition) is 7. The van der Waals surface area contributed by atoms with Crippen molar-refractivity contribution in [2.45, 2.75) is 45.1 Å². The highest BCUT2D eigenvalue weighted by atomic mass is 19.1. The van der Waals surface area contributed by atoms with E-state index in [9.17, 15) is 14.7 Å². The lowest BCUT2D eigenvalue weighted by Gasteiger charge is -2.36. The first kappa shape index (κ1) is 25.9. The summed E-state index contributed by atoms with van der Waals surface area (Å²) in [6.07, 6.45) is 7.12. The van der Waals surface area contributed by atoms with E-state index >= 15 is 4.39 Å². The molecule has 0 spiro atoms. The van der Waals surface area contributed by atoms with E-state index in [2.05, 4.69) is 30.5 Å². The van der Waals surface area contributed by atoms with Crippen molar-refractivity contribution in [3.05, 3.63) is 71.0 Å². The van der Waals surface area contributed by atoms with E-state index in [1.165, 1.54) is 12.3 Å². The number of nitrogens with one attached hydrogen (secondary N) is 3. The Balaban J connectivity index is 1.29. The van der Waals surface area contributed by atoms with Gasteiger partial charge in [0.05, 0.1) is 40.3 Å². The minimum atomic E-state index is -0.534. The minimum absolute atomic E-state index is 0.100. The van der Waals surface area contributed by atoms with Gasteiger partial charge in [-0.15, -0.1) is 0 Å². The van der Waals surface area contributed by atoms with Gasteiger partial charge in [0.2, 0.25) is 5.91 Å². The normalized spacial score (nSPS) is 16.9. The number of carbonyl (C=O) groups excluding carboxylic acids is 1. The Hall–Kier alpha value is -4.31. The van der Waals surface area contributed by atoms with Crippen LogP contribution in [-0.4, -0.2) is 45.2 Å². The van der Waals surface area contributed by atoms with Crippen LogP contribution in [-0.2, 0) is 4.79 Å². The van der Waals surface area contributed by atoms with E-state index in [1.54, 1.807) is 30.5 Å². The van der Waals surface area contributed by atoms with Crippen molar-refractivity contribution >= 4 is 39.7 Å². The van der Waals surface area contributed by atoms with Crippen LogP contribution in [0.2, 0.25) is 0 Å². The van der Waals surface area contributed by atoms with Gasteiger partial charge in [0.1, 0.15) is 11.6 Å². The zero-order valence-electron chi connectivity index (χ0n) is 22.2. The molecule has 206 valence electrons. The van der Waals surface area contributed by atoms with Gasteiger partial charge in [-0.1, -0.05) is 13.3 Å². The standard InChI is InChI=1S/C30H31FN6O3/c1-30(10-2-11-30)29(40)34-18-3-5-21(22(31)15-18)24-16-25(27-23(35-24)7-12-32-28(27)39)36-26-6-4-19(17-33-26)37-13-8-20(38)9-14-37/h3-7,12,15-17,20,38H,2,8-11,13-14H2,1H3,(H,32,39)(H,34,40)(H,33,35,36). The van der Waals surface area contributed by atoms with Crippen LogP contribution < -0.4 is 21.1 Å². The Labute approximate surface area is 230 Å². The van der Waals surface area contributed by atoms with Crippen LogP contribution in [0.15, 0.2) is 59.7 Å². The van der Waals surface area contributed by atoms with Gasteiger partial charge >= 0.3 is 0 Å². The highest BCUT2D eigenvalue weighted by molar-refractivity contribution is 5.96. The number of benzene rings is 1. The number of halogens is 1. The molecule has 4 aromatic rings. The number of anilines is 4. The third-order valence-corrected chi connectivity index (χ3v) is 8.08. The maximum Gasteiger partial charge on any atom is 0.259 e. The first-order valence-electron chi connectivity index (χ1n) is 13.6. The Morgan fingerprint density at radius 1 is 1.15 bits per heavy atom. The number of pyridine rings is 3. The summed E-state index contributed by atoms with van der Waals surface area (Å²) in [7, 11) is 0. The van der Waals surface area contributed by atoms with Crippen molar-refractivity contribution in [2.24, 2.45) is 5.41 Å². The number of fused-ring (bicyclic) bond motifs is 1. The summed E-state index contributed by atoms with van der Waals surface area (Å²) in [5.74, 6) is -0.115. The van der Waals surface area contributed by atoms with E-state index in [-0.39, 0.29) is 23.1 Å². The molecule has 9 nitrogen and oxygen atoms in total. The molecule has 40 heavy (non-hydrogen) atoms. The van der Waals surface area contributed by atoms with Gasteiger partial charge in [0.25, 0.3) is 5.56 Å². The number of H-pyrrole nitrogens is 1. The summed E-state index contributed by atoms with van der Waals surface area (Å²) in [5, 5.41) is 16.2. The van der Waals surface area contributed by atoms with Crippen molar-refractivity contribution in [3.63, 3.8) is 0 Å². The van der Waals surface area contributed by atoms with Crippen LogP contribution in [0.4, 0.5) is 27.3 Å². The van der Waals surface area contributed by atoms with Crippen LogP contribution in [0, 0.1) is 11.2 Å². The largest absolute Gasteiger partial charge is 0.393 e. The molecule has 1 amide bonds. The number of aliphatic hydroxyl groups is 1. The Morgan fingerprint density at radius 2 is 1.95 bits per heavy atom. The number of nitrogens with zero attached hydrogens (tertiary/aromatic N) is 3. The van der Waals surface area contributed by atoms with Crippen molar-refractivity contribution in [2.75, 3.05) is 28.6 Å². The van der Waals surface area contributed by atoms with E-state index in [4.69, 9.17) is 0 Å². The summed E-state index contributed by atoms with van der Waals surface area (Å²) in [6, 6.07) is 11.6. The highest BCUT2D eigenvalue weighted by Gasteiger charge is 2.39. The van der Waals surface area contributed by atoms with E-state index in [0.717, 1.165) is 50.9 Å². The minimum Gasteiger partial charge on any atom is -0.393 e. The van der Waals surface area contributed by atoms with Crippen LogP contribution in [0.1, 0.15) is 39.0 Å². The third kappa shape index (κ3) is 5.02. The quantitative estimate of drug-likeness (QED) is 0.272. The molecule has 0 radical (unpaired) electrons. The van der Waals surface area contributed by atoms with Crippen LogP contribution in [0.5, 0.6) is 0 Å². The van der Waals surface area contributed by atoms with Crippen molar-refractivity contribution in [1.82, 2.24) is 15.0 Å². The second kappa shape index (κ2) is 10.3. The molecule has 2 fully saturated rings. The van der Waals surface area contributed by atoms with Crippen LogP contribution >= 0.6 is 0 Å². The van der Waals surface area contributed by atoms with Crippen molar-refractivity contribution in [1.29, 1.82) is 0 Å². The zero-order valence-corrected chi connectivity index (χ0v) is 22.2. The predicted octanol–water partition coefficient (Wildman–Crippen LogP) is 4.96. The number of hydrogen-bond donors (Lipinski definition) is 4. The molecular formula is C30H31FN6O3. The first-order chi connectivity index (χ1) is 19.3. The molecule has 1 saturated carbocycles. The summed E-state index contributed by atoms with van der Waals surface area (Å²) in [5.41, 5.74) is 2.05. The molecule has 6 rings (SSSR count). The van der Waals surface area contributed by atoms with E-state index in [1.807, 2.05) is 19.1 Å². The number of aliphatic hydroxyl groups excluding tert-OH is 1. The van der Waals surface area contributed by atoms with Gasteiger partial charge in [0.15, 0.2) is 0 Å². The fourth-order valence-electron chi connectivity index (χ4n) is 5.35. The topological polar surface area (TPSA) is 123 Å². The average Bonchev–Trinajstić information content (AvgIpc) is 2.92. The number of piperidine rings is 1. The second-order valence-electron chi connectivity index (χ2n) is 10.9. The number of rotatable bonds is 6. The molecule has 4 N–H and O–H groups in total.